The molecule has 3 rings (SSSR count). The largest absolute Gasteiger partial charge is 0.370 e. The summed E-state index contributed by atoms with van der Waals surface area (Å²) in [5.41, 5.74) is 12.7. The molecule has 1 aliphatic carbocycles. The van der Waals surface area contributed by atoms with Gasteiger partial charge in [0.25, 0.3) is 5.91 Å². The molecule has 2 atom stereocenters. The van der Waals surface area contributed by atoms with Crippen molar-refractivity contribution >= 4 is 11.9 Å². The lowest BCUT2D eigenvalue weighted by Crippen LogP contribution is -2.25. The fourth-order valence-electron chi connectivity index (χ4n) is 3.30. The van der Waals surface area contributed by atoms with Crippen LogP contribution < -0.4 is 11.5 Å². The van der Waals surface area contributed by atoms with E-state index in [0.29, 0.717) is 0 Å². The summed E-state index contributed by atoms with van der Waals surface area (Å²) < 4.78 is 2.05. The van der Waals surface area contributed by atoms with Gasteiger partial charge in [0, 0.05) is 24.0 Å². The summed E-state index contributed by atoms with van der Waals surface area (Å²) in [6, 6.07) is 12.2. The summed E-state index contributed by atoms with van der Waals surface area (Å²) in [7, 11) is 0. The van der Waals surface area contributed by atoms with E-state index in [4.69, 9.17) is 11.5 Å². The highest BCUT2D eigenvalue weighted by atomic mass is 16.1. The molecule has 5 heteroatoms. The standard InChI is InChI=1S/C17H20N4O/c1-17(2)13(14(17)15(22)20-16(18)19)11-6-5-7-12(10-11)21-8-3-4-9-21/h3-10,13-14H,1-2H3,(H4,18,19,20,22)/t13-,14+/m1/s1. The summed E-state index contributed by atoms with van der Waals surface area (Å²) >= 11 is 0. The van der Waals surface area contributed by atoms with Gasteiger partial charge in [-0.3, -0.25) is 4.79 Å². The van der Waals surface area contributed by atoms with Crippen LogP contribution >= 0.6 is 0 Å². The number of hydrogen-bond acceptors (Lipinski definition) is 1. The predicted octanol–water partition coefficient (Wildman–Crippen LogP) is 2.02. The second kappa shape index (κ2) is 5.02. The van der Waals surface area contributed by atoms with Gasteiger partial charge in [-0.15, -0.1) is 0 Å². The molecule has 0 unspecified atom stereocenters. The van der Waals surface area contributed by atoms with Gasteiger partial charge in [0.05, 0.1) is 5.92 Å². The Hall–Kier alpha value is -2.56. The van der Waals surface area contributed by atoms with Gasteiger partial charge in [-0.05, 0) is 35.2 Å². The van der Waals surface area contributed by atoms with Crippen LogP contribution in [0.25, 0.3) is 5.69 Å². The molecule has 0 aliphatic heterocycles. The summed E-state index contributed by atoms with van der Waals surface area (Å²) in [6.07, 6.45) is 4.00. The van der Waals surface area contributed by atoms with Crippen molar-refractivity contribution in [2.75, 3.05) is 0 Å². The van der Waals surface area contributed by atoms with Crippen LogP contribution in [0.15, 0.2) is 53.8 Å². The first-order chi connectivity index (χ1) is 10.4. The van der Waals surface area contributed by atoms with Gasteiger partial charge in [0.2, 0.25) is 0 Å². The quantitative estimate of drug-likeness (QED) is 0.671. The molecule has 2 aromatic rings. The molecule has 1 aliphatic rings. The number of aromatic nitrogens is 1. The molecular weight excluding hydrogens is 276 g/mol. The third-order valence-electron chi connectivity index (χ3n) is 4.46. The number of amides is 1. The Morgan fingerprint density at radius 2 is 1.86 bits per heavy atom. The van der Waals surface area contributed by atoms with E-state index in [1.165, 1.54) is 0 Å². The number of guanidine groups is 1. The minimum absolute atomic E-state index is 0.134. The van der Waals surface area contributed by atoms with Crippen molar-refractivity contribution in [1.29, 1.82) is 0 Å². The SMILES string of the molecule is CC1(C)[C@H](C(=O)N=C(N)N)[C@H]1c1cccc(-n2cccc2)c1. The molecule has 1 fully saturated rings. The van der Waals surface area contributed by atoms with Gasteiger partial charge in [0.15, 0.2) is 5.96 Å². The van der Waals surface area contributed by atoms with E-state index in [2.05, 4.69) is 31.0 Å². The third kappa shape index (κ3) is 2.39. The molecule has 114 valence electrons. The highest BCUT2D eigenvalue weighted by Crippen LogP contribution is 2.64. The number of nitrogens with two attached hydrogens (primary N) is 2. The van der Waals surface area contributed by atoms with Crippen molar-refractivity contribution in [3.63, 3.8) is 0 Å². The van der Waals surface area contributed by atoms with Crippen LogP contribution in [0, 0.1) is 11.3 Å². The maximum absolute atomic E-state index is 12.2. The van der Waals surface area contributed by atoms with Gasteiger partial charge in [-0.25, -0.2) is 0 Å². The van der Waals surface area contributed by atoms with E-state index in [1.807, 2.05) is 41.2 Å². The highest BCUT2D eigenvalue weighted by molar-refractivity contribution is 5.95. The minimum Gasteiger partial charge on any atom is -0.370 e. The lowest BCUT2D eigenvalue weighted by molar-refractivity contribution is -0.119. The fraction of sp³-hybridized carbons (Fsp3) is 0.294. The van der Waals surface area contributed by atoms with Gasteiger partial charge in [-0.1, -0.05) is 26.0 Å². The first kappa shape index (κ1) is 14.4. The molecule has 1 aromatic heterocycles. The van der Waals surface area contributed by atoms with E-state index >= 15 is 0 Å². The summed E-state index contributed by atoms with van der Waals surface area (Å²) in [6.45, 7) is 4.15. The topological polar surface area (TPSA) is 86.4 Å². The number of hydrogen-bond donors (Lipinski definition) is 2. The first-order valence-corrected chi connectivity index (χ1v) is 7.28. The second-order valence-corrected chi connectivity index (χ2v) is 6.34. The van der Waals surface area contributed by atoms with Crippen LogP contribution in [0.4, 0.5) is 0 Å². The number of nitrogens with zero attached hydrogens (tertiary/aromatic N) is 2. The molecule has 0 saturated heterocycles. The molecular formula is C17H20N4O. The van der Waals surface area contributed by atoms with Crippen LogP contribution in [0.3, 0.4) is 0 Å². The number of carbonyl (C=O) groups is 1. The Balaban J connectivity index is 1.90. The zero-order chi connectivity index (χ0) is 15.9. The fourth-order valence-corrected chi connectivity index (χ4v) is 3.30. The zero-order valence-corrected chi connectivity index (χ0v) is 12.7. The zero-order valence-electron chi connectivity index (χ0n) is 12.7. The first-order valence-electron chi connectivity index (χ1n) is 7.28. The van der Waals surface area contributed by atoms with Crippen molar-refractivity contribution in [2.24, 2.45) is 27.8 Å². The maximum Gasteiger partial charge on any atom is 0.253 e. The molecule has 0 spiro atoms. The Kier molecular flexibility index (Phi) is 3.28. The molecule has 4 N–H and O–H groups in total. The average Bonchev–Trinajstić information content (AvgIpc) is 2.83. The van der Waals surface area contributed by atoms with Crippen LogP contribution in [-0.4, -0.2) is 16.4 Å². The van der Waals surface area contributed by atoms with Gasteiger partial charge >= 0.3 is 0 Å². The van der Waals surface area contributed by atoms with Crippen LogP contribution in [-0.2, 0) is 4.79 Å². The lowest BCUT2D eigenvalue weighted by atomic mass is 10.0. The van der Waals surface area contributed by atoms with Crippen LogP contribution in [0.5, 0.6) is 0 Å². The molecule has 5 nitrogen and oxygen atoms in total. The van der Waals surface area contributed by atoms with Crippen LogP contribution in [0.1, 0.15) is 25.3 Å². The Morgan fingerprint density at radius 3 is 2.50 bits per heavy atom. The smallest absolute Gasteiger partial charge is 0.253 e. The van der Waals surface area contributed by atoms with E-state index in [1.54, 1.807) is 0 Å². The van der Waals surface area contributed by atoms with Crippen molar-refractivity contribution in [3.8, 4) is 5.69 Å². The molecule has 0 radical (unpaired) electrons. The van der Waals surface area contributed by atoms with E-state index < -0.39 is 0 Å². The number of carbonyl (C=O) groups excluding carboxylic acids is 1. The van der Waals surface area contributed by atoms with Crippen molar-refractivity contribution in [2.45, 2.75) is 19.8 Å². The highest BCUT2D eigenvalue weighted by Gasteiger charge is 2.62. The number of rotatable bonds is 3. The van der Waals surface area contributed by atoms with Crippen molar-refractivity contribution in [3.05, 3.63) is 54.4 Å². The summed E-state index contributed by atoms with van der Waals surface area (Å²) in [4.78, 5) is 15.9. The van der Waals surface area contributed by atoms with E-state index in [9.17, 15) is 4.79 Å². The van der Waals surface area contributed by atoms with E-state index in [-0.39, 0.29) is 29.1 Å². The average molecular weight is 296 g/mol. The Labute approximate surface area is 129 Å². The molecule has 1 heterocycles. The molecule has 0 bridgehead atoms. The normalized spacial score (nSPS) is 22.1. The van der Waals surface area contributed by atoms with Crippen molar-refractivity contribution < 1.29 is 4.79 Å². The number of aliphatic imine (C=N–C) groups is 1. The molecule has 22 heavy (non-hydrogen) atoms. The lowest BCUT2D eigenvalue weighted by Gasteiger charge is -2.07. The van der Waals surface area contributed by atoms with Gasteiger partial charge in [0.1, 0.15) is 0 Å². The van der Waals surface area contributed by atoms with Crippen LogP contribution in [0.2, 0.25) is 0 Å². The third-order valence-corrected chi connectivity index (χ3v) is 4.46. The van der Waals surface area contributed by atoms with Gasteiger partial charge in [-0.2, -0.15) is 4.99 Å². The molecule has 1 saturated carbocycles. The minimum atomic E-state index is -0.235. The van der Waals surface area contributed by atoms with Gasteiger partial charge < -0.3 is 16.0 Å². The maximum atomic E-state index is 12.2. The molecule has 1 amide bonds. The Morgan fingerprint density at radius 1 is 1.18 bits per heavy atom. The molecule has 1 aromatic carbocycles. The summed E-state index contributed by atoms with van der Waals surface area (Å²) in [5.74, 6) is -0.443. The number of benzene rings is 1. The second-order valence-electron chi connectivity index (χ2n) is 6.34. The monoisotopic (exact) mass is 296 g/mol. The summed E-state index contributed by atoms with van der Waals surface area (Å²) in [5, 5.41) is 0. The van der Waals surface area contributed by atoms with E-state index in [0.717, 1.165) is 11.3 Å². The Bertz CT molecular complexity index is 727. The van der Waals surface area contributed by atoms with Crippen molar-refractivity contribution in [1.82, 2.24) is 4.57 Å². The predicted molar refractivity (Wildman–Crippen MR) is 86.6 cm³/mol.